The lowest BCUT2D eigenvalue weighted by Crippen LogP contribution is -2.55. The highest BCUT2D eigenvalue weighted by Crippen LogP contribution is 2.36. The van der Waals surface area contributed by atoms with Crippen LogP contribution in [0.15, 0.2) is 24.2 Å². The predicted octanol–water partition coefficient (Wildman–Crippen LogP) is -1.36. The molecule has 1 aromatic carbocycles. The number of fused-ring (bicyclic) bond motifs is 1. The summed E-state index contributed by atoms with van der Waals surface area (Å²) in [6, 6.07) is -3.37. The molecule has 142 valence electrons. The minimum Gasteiger partial charge on any atom is -0.480 e. The second-order valence-electron chi connectivity index (χ2n) is 6.17. The third-order valence-corrected chi connectivity index (χ3v) is 4.49. The Bertz CT molecular complexity index is 983. The number of aromatic nitrogens is 1. The molecule has 0 saturated carbocycles. The number of aliphatic carboxylic acids is 1. The molecule has 8 N–H and O–H groups in total. The monoisotopic (exact) mass is 370 g/mol. The zero-order valence-corrected chi connectivity index (χ0v) is 13.5. The van der Waals surface area contributed by atoms with Gasteiger partial charge >= 0.3 is 5.97 Å². The molecule has 1 saturated heterocycles. The van der Waals surface area contributed by atoms with Crippen molar-refractivity contribution in [3.63, 3.8) is 0 Å². The van der Waals surface area contributed by atoms with Gasteiger partial charge in [0.2, 0.25) is 0 Å². The molecule has 0 amide bonds. The van der Waals surface area contributed by atoms with E-state index >= 15 is 0 Å². The van der Waals surface area contributed by atoms with Gasteiger partial charge in [0.05, 0.1) is 17.8 Å². The summed E-state index contributed by atoms with van der Waals surface area (Å²) in [4.78, 5) is 14.1. The average molecular weight is 370 g/mol. The first-order chi connectivity index (χ1) is 14.0. The number of nitrogens with two attached hydrogens (primary N) is 1. The molecule has 0 radical (unpaired) electrons. The van der Waals surface area contributed by atoms with Gasteiger partial charge in [0.25, 0.3) is 0 Å². The predicted molar refractivity (Wildman–Crippen MR) is 90.3 cm³/mol. The van der Waals surface area contributed by atoms with Crippen LogP contribution in [0.25, 0.3) is 10.9 Å². The van der Waals surface area contributed by atoms with Gasteiger partial charge in [0.15, 0.2) is 0 Å². The van der Waals surface area contributed by atoms with E-state index in [2.05, 4.69) is 4.98 Å². The molecule has 0 unspecified atom stereocenters. The van der Waals surface area contributed by atoms with Crippen molar-refractivity contribution in [3.05, 3.63) is 35.4 Å². The zero-order chi connectivity index (χ0) is 22.5. The van der Waals surface area contributed by atoms with Crippen molar-refractivity contribution in [2.24, 2.45) is 5.73 Å². The number of ether oxygens (including phenoxy) is 1. The quantitative estimate of drug-likeness (QED) is 0.338. The van der Waals surface area contributed by atoms with Gasteiger partial charge in [0.1, 0.15) is 36.6 Å². The lowest BCUT2D eigenvalue weighted by molar-refractivity contribution is -0.232. The summed E-state index contributed by atoms with van der Waals surface area (Å²) in [5, 5.41) is 49.2. The molecule has 3 rings (SSSR count). The van der Waals surface area contributed by atoms with Crippen molar-refractivity contribution >= 4 is 16.9 Å². The maximum Gasteiger partial charge on any atom is 0.320 e. The van der Waals surface area contributed by atoms with Gasteiger partial charge in [-0.3, -0.25) is 4.79 Å². The fraction of sp³-hybridized carbons (Fsp3) is 0.471. The van der Waals surface area contributed by atoms with E-state index in [1.165, 1.54) is 0 Å². The third-order valence-electron chi connectivity index (χ3n) is 4.49. The number of hydrogen-bond acceptors (Lipinski definition) is 7. The number of benzene rings is 1. The molecule has 1 aliphatic rings. The summed E-state index contributed by atoms with van der Waals surface area (Å²) in [6.07, 6.45) is -8.05. The van der Waals surface area contributed by atoms with Crippen LogP contribution in [0.2, 0.25) is 0 Å². The summed E-state index contributed by atoms with van der Waals surface area (Å²) >= 11 is 0. The van der Waals surface area contributed by atoms with Crippen molar-refractivity contribution in [1.82, 2.24) is 4.98 Å². The standard InChI is InChI=1S/C17H22N2O7/c18-9(17(24)25)5-8-7-3-1-2-4-10(7)19-12(8)16-15(23)14(22)13(21)11(6-20)26-16/h1-4,9,11,13-16,19-23H,5-6,18H2,(H,24,25)/t9-,11-,13-,14+,15+,16-/m0/s1/i1D,2D,3D,4D. The number of aliphatic hydroxyl groups is 4. The topological polar surface area (TPSA) is 169 Å². The molecular weight excluding hydrogens is 344 g/mol. The molecule has 2 aromatic rings. The number of hydrogen-bond donors (Lipinski definition) is 7. The molecule has 0 aliphatic carbocycles. The Hall–Kier alpha value is -2.01. The summed E-state index contributed by atoms with van der Waals surface area (Å²) < 4.78 is 37.6. The van der Waals surface area contributed by atoms with Gasteiger partial charge in [-0.1, -0.05) is 18.1 Å². The van der Waals surface area contributed by atoms with Gasteiger partial charge in [-0.05, 0) is 11.6 Å². The van der Waals surface area contributed by atoms with E-state index in [1.54, 1.807) is 0 Å². The van der Waals surface area contributed by atoms with Crippen molar-refractivity contribution < 1.29 is 40.5 Å². The van der Waals surface area contributed by atoms with Crippen molar-refractivity contribution in [2.45, 2.75) is 43.0 Å². The van der Waals surface area contributed by atoms with Gasteiger partial charge in [-0.25, -0.2) is 0 Å². The fourth-order valence-electron chi connectivity index (χ4n) is 3.08. The number of para-hydroxylation sites is 1. The number of H-pyrrole nitrogens is 1. The van der Waals surface area contributed by atoms with E-state index in [0.717, 1.165) is 0 Å². The molecule has 6 atom stereocenters. The van der Waals surface area contributed by atoms with Crippen molar-refractivity contribution in [3.8, 4) is 0 Å². The second kappa shape index (κ2) is 7.31. The minimum absolute atomic E-state index is 0.0226. The number of carboxylic acids is 1. The van der Waals surface area contributed by atoms with Crippen LogP contribution >= 0.6 is 0 Å². The minimum atomic E-state index is -1.71. The van der Waals surface area contributed by atoms with Crippen LogP contribution in [-0.4, -0.2) is 73.6 Å². The highest BCUT2D eigenvalue weighted by Gasteiger charge is 2.45. The van der Waals surface area contributed by atoms with Crippen LogP contribution < -0.4 is 5.73 Å². The number of aliphatic hydroxyl groups excluding tert-OH is 4. The highest BCUT2D eigenvalue weighted by atomic mass is 16.5. The Morgan fingerprint density at radius 2 is 1.96 bits per heavy atom. The van der Waals surface area contributed by atoms with Gasteiger partial charge in [-0.15, -0.1) is 0 Å². The number of carbonyl (C=O) groups is 1. The van der Waals surface area contributed by atoms with Crippen LogP contribution in [0.4, 0.5) is 0 Å². The largest absolute Gasteiger partial charge is 0.480 e. The van der Waals surface area contributed by atoms with E-state index in [9.17, 15) is 30.3 Å². The summed E-state index contributed by atoms with van der Waals surface area (Å²) in [5.41, 5.74) is 5.64. The Morgan fingerprint density at radius 1 is 1.27 bits per heavy atom. The van der Waals surface area contributed by atoms with Crippen LogP contribution in [0.1, 0.15) is 22.8 Å². The molecule has 0 spiro atoms. The lowest BCUT2D eigenvalue weighted by Gasteiger charge is -2.40. The number of carboxylic acid groups (broad SMARTS) is 1. The average Bonchev–Trinajstić information content (AvgIpc) is 3.08. The first-order valence-electron chi connectivity index (χ1n) is 9.90. The molecule has 1 fully saturated rings. The summed E-state index contributed by atoms with van der Waals surface area (Å²) in [6.45, 7) is -0.688. The molecule has 9 nitrogen and oxygen atoms in total. The van der Waals surface area contributed by atoms with Gasteiger partial charge in [-0.2, -0.15) is 0 Å². The van der Waals surface area contributed by atoms with E-state index in [4.69, 9.17) is 16.0 Å². The van der Waals surface area contributed by atoms with Crippen LogP contribution in [0.5, 0.6) is 0 Å². The SMILES string of the molecule is [2H]c1c([2H])c([2H])c2c(C[C@H](N)C(=O)O)c([C@@H]3O[C@@H](CO)[C@H](O)[C@@H](O)[C@H]3O)[nH]c2c1[2H]. The highest BCUT2D eigenvalue weighted by molar-refractivity contribution is 5.86. The van der Waals surface area contributed by atoms with Gasteiger partial charge in [0, 0.05) is 17.3 Å². The normalized spacial score (nSPS) is 32.6. The number of nitrogens with one attached hydrogen (secondary N) is 1. The Kier molecular flexibility index (Phi) is 3.97. The molecule has 2 heterocycles. The molecular formula is C17H22N2O7. The first-order valence-corrected chi connectivity index (χ1v) is 7.90. The Balaban J connectivity index is 2.26. The van der Waals surface area contributed by atoms with E-state index < -0.39 is 73.3 Å². The van der Waals surface area contributed by atoms with Crippen LogP contribution in [-0.2, 0) is 16.0 Å². The number of rotatable bonds is 5. The Morgan fingerprint density at radius 3 is 2.62 bits per heavy atom. The van der Waals surface area contributed by atoms with Crippen LogP contribution in [0.3, 0.4) is 0 Å². The second-order valence-corrected chi connectivity index (χ2v) is 6.17. The fourth-order valence-corrected chi connectivity index (χ4v) is 3.08. The lowest BCUT2D eigenvalue weighted by atomic mass is 9.90. The zero-order valence-electron chi connectivity index (χ0n) is 17.5. The van der Waals surface area contributed by atoms with Crippen molar-refractivity contribution in [1.29, 1.82) is 0 Å². The first kappa shape index (κ1) is 14.1. The van der Waals surface area contributed by atoms with Gasteiger partial charge < -0.3 is 41.0 Å². The molecule has 0 bridgehead atoms. The molecule has 1 aromatic heterocycles. The Labute approximate surface area is 154 Å². The summed E-state index contributed by atoms with van der Waals surface area (Å²) in [7, 11) is 0. The molecule has 9 heteroatoms. The van der Waals surface area contributed by atoms with Crippen molar-refractivity contribution in [2.75, 3.05) is 6.61 Å². The van der Waals surface area contributed by atoms with E-state index in [-0.39, 0.29) is 28.6 Å². The smallest absolute Gasteiger partial charge is 0.320 e. The maximum absolute atomic E-state index is 11.3. The molecule has 26 heavy (non-hydrogen) atoms. The molecule has 1 aliphatic heterocycles. The summed E-state index contributed by atoms with van der Waals surface area (Å²) in [5.74, 6) is -1.36. The van der Waals surface area contributed by atoms with E-state index in [0.29, 0.717) is 0 Å². The maximum atomic E-state index is 11.3. The third kappa shape index (κ3) is 3.20. The van der Waals surface area contributed by atoms with E-state index in [1.807, 2.05) is 0 Å². The number of aromatic amines is 1. The van der Waals surface area contributed by atoms with Crippen LogP contribution in [0, 0.1) is 0 Å².